The van der Waals surface area contributed by atoms with Gasteiger partial charge in [0, 0.05) is 12.6 Å². The molecular weight excluding hydrogens is 265 g/mol. The summed E-state index contributed by atoms with van der Waals surface area (Å²) < 4.78 is 15.5. The maximum atomic E-state index is 13.6. The molecule has 3 rings (SSSR count). The minimum absolute atomic E-state index is 0.0897. The lowest BCUT2D eigenvalue weighted by Crippen LogP contribution is -2.13. The second kappa shape index (κ2) is 4.37. The highest BCUT2D eigenvalue weighted by molar-refractivity contribution is 6.31. The molecule has 1 aromatic carbocycles. The predicted molar refractivity (Wildman–Crippen MR) is 75.7 cm³/mol. The average molecular weight is 282 g/mol. The third kappa shape index (κ3) is 2.18. The number of nitrogens with two attached hydrogens (primary N) is 1. The van der Waals surface area contributed by atoms with Gasteiger partial charge >= 0.3 is 0 Å². The van der Waals surface area contributed by atoms with E-state index in [1.54, 1.807) is 6.07 Å². The SMILES string of the molecule is CCCC1(Cn2c(N)nc3cc(Cl)c(F)cc32)CC1. The Morgan fingerprint density at radius 1 is 1.47 bits per heavy atom. The molecule has 2 aromatic rings. The maximum Gasteiger partial charge on any atom is 0.201 e. The zero-order valence-electron chi connectivity index (χ0n) is 10.9. The molecule has 0 bridgehead atoms. The molecule has 3 nitrogen and oxygen atoms in total. The monoisotopic (exact) mass is 281 g/mol. The number of benzene rings is 1. The number of hydrogen-bond acceptors (Lipinski definition) is 2. The summed E-state index contributed by atoms with van der Waals surface area (Å²) in [6, 6.07) is 2.97. The highest BCUT2D eigenvalue weighted by atomic mass is 35.5. The van der Waals surface area contributed by atoms with Crippen LogP contribution in [-0.4, -0.2) is 9.55 Å². The number of halogens is 2. The highest BCUT2D eigenvalue weighted by Gasteiger charge is 2.42. The van der Waals surface area contributed by atoms with Crippen LogP contribution in [0.3, 0.4) is 0 Å². The van der Waals surface area contributed by atoms with Gasteiger partial charge in [0.25, 0.3) is 0 Å². The second-order valence-electron chi connectivity index (χ2n) is 5.56. The largest absolute Gasteiger partial charge is 0.369 e. The van der Waals surface area contributed by atoms with Gasteiger partial charge in [0.2, 0.25) is 5.95 Å². The lowest BCUT2D eigenvalue weighted by atomic mass is 10.0. The van der Waals surface area contributed by atoms with E-state index >= 15 is 0 Å². The topological polar surface area (TPSA) is 43.8 Å². The molecule has 19 heavy (non-hydrogen) atoms. The van der Waals surface area contributed by atoms with Crippen molar-refractivity contribution in [1.82, 2.24) is 9.55 Å². The van der Waals surface area contributed by atoms with E-state index in [1.165, 1.54) is 25.3 Å². The minimum atomic E-state index is -0.421. The number of rotatable bonds is 4. The van der Waals surface area contributed by atoms with Crippen LogP contribution in [0.15, 0.2) is 12.1 Å². The fraction of sp³-hybridized carbons (Fsp3) is 0.500. The summed E-state index contributed by atoms with van der Waals surface area (Å²) in [6.07, 6.45) is 4.78. The summed E-state index contributed by atoms with van der Waals surface area (Å²) in [7, 11) is 0. The number of anilines is 1. The van der Waals surface area contributed by atoms with E-state index in [0.717, 1.165) is 18.5 Å². The van der Waals surface area contributed by atoms with Gasteiger partial charge in [0.15, 0.2) is 0 Å². The first kappa shape index (κ1) is 12.7. The van der Waals surface area contributed by atoms with Crippen LogP contribution in [0.1, 0.15) is 32.6 Å². The molecule has 0 saturated heterocycles. The summed E-state index contributed by atoms with van der Waals surface area (Å²) in [5.41, 5.74) is 7.71. The van der Waals surface area contributed by atoms with Gasteiger partial charge in [-0.25, -0.2) is 9.37 Å². The summed E-state index contributed by atoms with van der Waals surface area (Å²) in [4.78, 5) is 4.28. The molecule has 1 fully saturated rings. The summed E-state index contributed by atoms with van der Waals surface area (Å²) in [5.74, 6) is 0.0229. The first-order valence-electron chi connectivity index (χ1n) is 6.65. The average Bonchev–Trinajstić information content (AvgIpc) is 3.05. The van der Waals surface area contributed by atoms with Crippen LogP contribution in [0, 0.1) is 11.2 Å². The van der Waals surface area contributed by atoms with Gasteiger partial charge in [-0.15, -0.1) is 0 Å². The van der Waals surface area contributed by atoms with Crippen molar-refractivity contribution in [1.29, 1.82) is 0 Å². The van der Waals surface area contributed by atoms with Crippen molar-refractivity contribution >= 4 is 28.6 Å². The van der Waals surface area contributed by atoms with Crippen LogP contribution in [0.5, 0.6) is 0 Å². The number of nitrogen functional groups attached to an aromatic ring is 1. The van der Waals surface area contributed by atoms with Crippen molar-refractivity contribution in [3.63, 3.8) is 0 Å². The number of hydrogen-bond donors (Lipinski definition) is 1. The molecule has 1 aliphatic rings. The predicted octanol–water partition coefficient (Wildman–Crippen LogP) is 3.99. The lowest BCUT2D eigenvalue weighted by Gasteiger charge is -2.16. The molecule has 0 atom stereocenters. The standard InChI is InChI=1S/C14H17ClFN3/c1-2-3-14(4-5-14)8-19-12-7-10(16)9(15)6-11(12)18-13(19)17/h6-7H,2-5,8H2,1H3,(H2,17,18). The zero-order chi connectivity index (χ0) is 13.6. The molecule has 0 radical (unpaired) electrons. The van der Waals surface area contributed by atoms with Crippen LogP contribution in [0.4, 0.5) is 10.3 Å². The van der Waals surface area contributed by atoms with E-state index in [1.807, 2.05) is 4.57 Å². The third-order valence-electron chi connectivity index (χ3n) is 4.05. The Morgan fingerprint density at radius 3 is 2.84 bits per heavy atom. The zero-order valence-corrected chi connectivity index (χ0v) is 11.7. The molecule has 1 saturated carbocycles. The van der Waals surface area contributed by atoms with E-state index in [-0.39, 0.29) is 5.02 Å². The lowest BCUT2D eigenvalue weighted by molar-refractivity contribution is 0.396. The Balaban J connectivity index is 2.03. The summed E-state index contributed by atoms with van der Waals surface area (Å²) in [5, 5.41) is 0.0897. The first-order chi connectivity index (χ1) is 9.04. The number of fused-ring (bicyclic) bond motifs is 1. The van der Waals surface area contributed by atoms with Crippen LogP contribution in [-0.2, 0) is 6.54 Å². The quantitative estimate of drug-likeness (QED) is 0.921. The van der Waals surface area contributed by atoms with Crippen LogP contribution < -0.4 is 5.73 Å². The molecule has 1 aromatic heterocycles. The maximum absolute atomic E-state index is 13.6. The fourth-order valence-electron chi connectivity index (χ4n) is 2.83. The van der Waals surface area contributed by atoms with Gasteiger partial charge in [0.05, 0.1) is 16.1 Å². The number of nitrogens with zero attached hydrogens (tertiary/aromatic N) is 2. The van der Waals surface area contributed by atoms with Crippen molar-refractivity contribution in [2.45, 2.75) is 39.2 Å². The fourth-order valence-corrected chi connectivity index (χ4v) is 2.99. The third-order valence-corrected chi connectivity index (χ3v) is 4.34. The number of imidazole rings is 1. The Morgan fingerprint density at radius 2 is 2.21 bits per heavy atom. The molecule has 0 spiro atoms. The van der Waals surface area contributed by atoms with Crippen molar-refractivity contribution in [2.75, 3.05) is 5.73 Å². The molecule has 2 N–H and O–H groups in total. The molecule has 0 aliphatic heterocycles. The van der Waals surface area contributed by atoms with Crippen LogP contribution in [0.25, 0.3) is 11.0 Å². The van der Waals surface area contributed by atoms with Crippen molar-refractivity contribution in [2.24, 2.45) is 5.41 Å². The van der Waals surface area contributed by atoms with Gasteiger partial charge in [-0.2, -0.15) is 0 Å². The van der Waals surface area contributed by atoms with Crippen molar-refractivity contribution < 1.29 is 4.39 Å². The summed E-state index contributed by atoms with van der Waals surface area (Å²) in [6.45, 7) is 3.01. The van der Waals surface area contributed by atoms with Crippen LogP contribution in [0.2, 0.25) is 5.02 Å². The van der Waals surface area contributed by atoms with Gasteiger partial charge in [-0.1, -0.05) is 24.9 Å². The van der Waals surface area contributed by atoms with E-state index in [0.29, 0.717) is 16.9 Å². The normalized spacial score (nSPS) is 17.0. The van der Waals surface area contributed by atoms with Crippen molar-refractivity contribution in [3.8, 4) is 0 Å². The molecule has 1 heterocycles. The van der Waals surface area contributed by atoms with Gasteiger partial charge in [0.1, 0.15) is 5.82 Å². The molecular formula is C14H17ClFN3. The molecule has 5 heteroatoms. The highest BCUT2D eigenvalue weighted by Crippen LogP contribution is 2.51. The Labute approximate surface area is 116 Å². The van der Waals surface area contributed by atoms with E-state index in [2.05, 4.69) is 11.9 Å². The van der Waals surface area contributed by atoms with Crippen LogP contribution >= 0.6 is 11.6 Å². The molecule has 102 valence electrons. The Kier molecular flexibility index (Phi) is 2.93. The summed E-state index contributed by atoms with van der Waals surface area (Å²) >= 11 is 5.78. The van der Waals surface area contributed by atoms with Gasteiger partial charge in [-0.05, 0) is 30.7 Å². The number of aromatic nitrogens is 2. The van der Waals surface area contributed by atoms with Crippen molar-refractivity contribution in [3.05, 3.63) is 23.0 Å². The van der Waals surface area contributed by atoms with E-state index in [9.17, 15) is 4.39 Å². The molecule has 0 amide bonds. The van der Waals surface area contributed by atoms with E-state index in [4.69, 9.17) is 17.3 Å². The van der Waals surface area contributed by atoms with E-state index < -0.39 is 5.82 Å². The first-order valence-corrected chi connectivity index (χ1v) is 7.03. The molecule has 0 unspecified atom stereocenters. The molecule has 1 aliphatic carbocycles. The second-order valence-corrected chi connectivity index (χ2v) is 5.97. The smallest absolute Gasteiger partial charge is 0.201 e. The Hall–Kier alpha value is -1.29. The Bertz CT molecular complexity index is 631. The minimum Gasteiger partial charge on any atom is -0.369 e. The van der Waals surface area contributed by atoms with Gasteiger partial charge in [-0.3, -0.25) is 0 Å². The van der Waals surface area contributed by atoms with Gasteiger partial charge < -0.3 is 10.3 Å².